The Morgan fingerprint density at radius 3 is 2.74 bits per heavy atom. The fourth-order valence-corrected chi connectivity index (χ4v) is 1.55. The molecule has 0 spiro atoms. The van der Waals surface area contributed by atoms with E-state index in [1.165, 1.54) is 0 Å². The van der Waals surface area contributed by atoms with Gasteiger partial charge in [0.05, 0.1) is 6.04 Å². The zero-order valence-corrected chi connectivity index (χ0v) is 10.4. The number of hydrogen-bond donors (Lipinski definition) is 3. The van der Waals surface area contributed by atoms with E-state index in [2.05, 4.69) is 11.2 Å². The van der Waals surface area contributed by atoms with E-state index in [-0.39, 0.29) is 18.7 Å². The van der Waals surface area contributed by atoms with Gasteiger partial charge in [-0.25, -0.2) is 0 Å². The Hall–Kier alpha value is -2.32. The number of para-hydroxylation sites is 1. The van der Waals surface area contributed by atoms with Crippen LogP contribution in [0.2, 0.25) is 0 Å². The number of amides is 1. The highest BCUT2D eigenvalue weighted by atomic mass is 16.4. The molecule has 19 heavy (non-hydrogen) atoms. The van der Waals surface area contributed by atoms with Crippen LogP contribution in [0.5, 0.6) is 0 Å². The first-order chi connectivity index (χ1) is 9.04. The van der Waals surface area contributed by atoms with Crippen LogP contribution in [0.3, 0.4) is 0 Å². The first-order valence-electron chi connectivity index (χ1n) is 5.84. The first-order valence-corrected chi connectivity index (χ1v) is 5.84. The number of nitrogens with two attached hydrogens (primary N) is 1. The van der Waals surface area contributed by atoms with Crippen LogP contribution in [0.15, 0.2) is 24.3 Å². The number of carboxylic acids is 1. The highest BCUT2D eigenvalue weighted by molar-refractivity contribution is 5.95. The summed E-state index contributed by atoms with van der Waals surface area (Å²) < 4.78 is 0. The Morgan fingerprint density at radius 1 is 1.42 bits per heavy atom. The van der Waals surface area contributed by atoms with Crippen molar-refractivity contribution in [2.24, 2.45) is 5.73 Å². The standard InChI is InChI=1S/C14H16N2O3/c1-2-5-11(15)14(19)16-12-7-4-3-6-10(12)8-9-13(17)18/h1,3-4,6-7,11H,5,8-9,15H2,(H,16,19)(H,17,18). The Morgan fingerprint density at radius 2 is 2.11 bits per heavy atom. The Balaban J connectivity index is 2.75. The van der Waals surface area contributed by atoms with E-state index in [1.807, 2.05) is 0 Å². The highest BCUT2D eigenvalue weighted by Crippen LogP contribution is 2.17. The number of benzene rings is 1. The molecule has 0 saturated heterocycles. The monoisotopic (exact) mass is 260 g/mol. The molecular formula is C14H16N2O3. The predicted octanol–water partition coefficient (Wildman–Crippen LogP) is 0.993. The van der Waals surface area contributed by atoms with Crippen LogP contribution >= 0.6 is 0 Å². The molecule has 0 bridgehead atoms. The normalized spacial score (nSPS) is 11.4. The second-order valence-electron chi connectivity index (χ2n) is 4.05. The lowest BCUT2D eigenvalue weighted by atomic mass is 10.1. The second-order valence-corrected chi connectivity index (χ2v) is 4.05. The lowest BCUT2D eigenvalue weighted by molar-refractivity contribution is -0.136. The van der Waals surface area contributed by atoms with Crippen molar-refractivity contribution in [1.29, 1.82) is 0 Å². The summed E-state index contributed by atoms with van der Waals surface area (Å²) >= 11 is 0. The highest BCUT2D eigenvalue weighted by Gasteiger charge is 2.14. The third kappa shape index (κ3) is 4.82. The lowest BCUT2D eigenvalue weighted by Crippen LogP contribution is -2.35. The van der Waals surface area contributed by atoms with Crippen LogP contribution in [0.1, 0.15) is 18.4 Å². The molecule has 0 fully saturated rings. The maximum absolute atomic E-state index is 11.7. The van der Waals surface area contributed by atoms with Gasteiger partial charge in [0.25, 0.3) is 0 Å². The maximum atomic E-state index is 11.7. The van der Waals surface area contributed by atoms with Gasteiger partial charge >= 0.3 is 5.97 Å². The number of terminal acetylenes is 1. The molecule has 1 unspecified atom stereocenters. The zero-order valence-electron chi connectivity index (χ0n) is 10.4. The summed E-state index contributed by atoms with van der Waals surface area (Å²) in [4.78, 5) is 22.3. The van der Waals surface area contributed by atoms with Gasteiger partial charge in [-0.3, -0.25) is 9.59 Å². The molecule has 0 heterocycles. The van der Waals surface area contributed by atoms with Crippen molar-refractivity contribution in [2.45, 2.75) is 25.3 Å². The number of rotatable bonds is 6. The molecule has 1 amide bonds. The quantitative estimate of drug-likeness (QED) is 0.665. The molecule has 0 aliphatic carbocycles. The Kier molecular flexibility index (Phi) is 5.58. The average molecular weight is 260 g/mol. The summed E-state index contributed by atoms with van der Waals surface area (Å²) in [5, 5.41) is 11.3. The van der Waals surface area contributed by atoms with Gasteiger partial charge in [-0.1, -0.05) is 18.2 Å². The zero-order chi connectivity index (χ0) is 14.3. The van der Waals surface area contributed by atoms with Crippen LogP contribution in [0.25, 0.3) is 0 Å². The van der Waals surface area contributed by atoms with Crippen LogP contribution in [-0.4, -0.2) is 23.0 Å². The van der Waals surface area contributed by atoms with E-state index in [9.17, 15) is 9.59 Å². The maximum Gasteiger partial charge on any atom is 0.303 e. The van der Waals surface area contributed by atoms with Gasteiger partial charge < -0.3 is 16.2 Å². The third-order valence-electron chi connectivity index (χ3n) is 2.56. The topological polar surface area (TPSA) is 92.4 Å². The average Bonchev–Trinajstić information content (AvgIpc) is 2.37. The van der Waals surface area contributed by atoms with E-state index in [4.69, 9.17) is 17.3 Å². The minimum absolute atomic E-state index is 0.00327. The van der Waals surface area contributed by atoms with Crippen molar-refractivity contribution in [3.63, 3.8) is 0 Å². The smallest absolute Gasteiger partial charge is 0.303 e. The molecule has 5 heteroatoms. The van der Waals surface area contributed by atoms with E-state index in [0.717, 1.165) is 5.56 Å². The Bertz CT molecular complexity index is 506. The number of aliphatic carboxylic acids is 1. The number of carbonyl (C=O) groups is 2. The van der Waals surface area contributed by atoms with Crippen molar-refractivity contribution in [1.82, 2.24) is 0 Å². The van der Waals surface area contributed by atoms with Gasteiger partial charge in [0.2, 0.25) is 5.91 Å². The van der Waals surface area contributed by atoms with Crippen molar-refractivity contribution in [2.75, 3.05) is 5.32 Å². The number of anilines is 1. The molecule has 0 saturated carbocycles. The lowest BCUT2D eigenvalue weighted by Gasteiger charge is -2.13. The molecule has 0 radical (unpaired) electrons. The summed E-state index contributed by atoms with van der Waals surface area (Å²) in [6.45, 7) is 0. The second kappa shape index (κ2) is 7.19. The minimum atomic E-state index is -0.884. The van der Waals surface area contributed by atoms with Crippen molar-refractivity contribution in [3.05, 3.63) is 29.8 Å². The third-order valence-corrected chi connectivity index (χ3v) is 2.56. The summed E-state index contributed by atoms with van der Waals surface area (Å²) in [5.41, 5.74) is 6.93. The fraction of sp³-hybridized carbons (Fsp3) is 0.286. The predicted molar refractivity (Wildman–Crippen MR) is 72.5 cm³/mol. The van der Waals surface area contributed by atoms with Gasteiger partial charge in [-0.15, -0.1) is 12.3 Å². The number of nitrogens with one attached hydrogen (secondary N) is 1. The van der Waals surface area contributed by atoms with E-state index >= 15 is 0 Å². The minimum Gasteiger partial charge on any atom is -0.481 e. The number of aryl methyl sites for hydroxylation is 1. The largest absolute Gasteiger partial charge is 0.481 e. The summed E-state index contributed by atoms with van der Waals surface area (Å²) in [6, 6.07) is 6.25. The molecule has 1 rings (SSSR count). The van der Waals surface area contributed by atoms with E-state index in [0.29, 0.717) is 12.1 Å². The van der Waals surface area contributed by atoms with Crippen molar-refractivity contribution in [3.8, 4) is 12.3 Å². The van der Waals surface area contributed by atoms with Gasteiger partial charge in [0.1, 0.15) is 0 Å². The molecule has 1 aromatic rings. The molecule has 0 aliphatic rings. The molecule has 5 nitrogen and oxygen atoms in total. The van der Waals surface area contributed by atoms with E-state index in [1.54, 1.807) is 24.3 Å². The number of carbonyl (C=O) groups excluding carboxylic acids is 1. The van der Waals surface area contributed by atoms with Crippen molar-refractivity contribution < 1.29 is 14.7 Å². The Labute approximate surface area is 111 Å². The molecule has 1 aromatic carbocycles. The summed E-state index contributed by atoms with van der Waals surface area (Å²) in [5.74, 6) is 1.07. The summed E-state index contributed by atoms with van der Waals surface area (Å²) in [7, 11) is 0. The van der Waals surface area contributed by atoms with Crippen LogP contribution in [0.4, 0.5) is 5.69 Å². The van der Waals surface area contributed by atoms with Crippen LogP contribution in [0, 0.1) is 12.3 Å². The molecule has 4 N–H and O–H groups in total. The summed E-state index contributed by atoms with van der Waals surface area (Å²) in [6.07, 6.45) is 5.60. The van der Waals surface area contributed by atoms with Crippen LogP contribution in [-0.2, 0) is 16.0 Å². The molecule has 100 valence electrons. The van der Waals surface area contributed by atoms with Gasteiger partial charge in [0, 0.05) is 18.5 Å². The molecular weight excluding hydrogens is 244 g/mol. The number of carboxylic acid groups (broad SMARTS) is 1. The molecule has 0 aromatic heterocycles. The van der Waals surface area contributed by atoms with Gasteiger partial charge in [-0.05, 0) is 18.1 Å². The van der Waals surface area contributed by atoms with Gasteiger partial charge in [-0.2, -0.15) is 0 Å². The molecule has 1 atom stereocenters. The van der Waals surface area contributed by atoms with Crippen LogP contribution < -0.4 is 11.1 Å². The van der Waals surface area contributed by atoms with E-state index < -0.39 is 12.0 Å². The fourth-order valence-electron chi connectivity index (χ4n) is 1.55. The van der Waals surface area contributed by atoms with Crippen molar-refractivity contribution >= 4 is 17.6 Å². The van der Waals surface area contributed by atoms with Gasteiger partial charge in [0.15, 0.2) is 0 Å². The first kappa shape index (κ1) is 14.7. The SMILES string of the molecule is C#CCC(N)C(=O)Nc1ccccc1CCC(=O)O. The molecule has 0 aliphatic heterocycles. The number of hydrogen-bond acceptors (Lipinski definition) is 3.